The average molecular weight is 384 g/mol. The zero-order chi connectivity index (χ0) is 17.5. The van der Waals surface area contributed by atoms with E-state index in [1.165, 1.54) is 11.8 Å². The first-order valence-corrected chi connectivity index (χ1v) is 8.69. The SMILES string of the molecule is NC(=O)CSc1ccccc1NCC(=O)Nc1cccc(Cl)c1Cl. The van der Waals surface area contributed by atoms with E-state index in [4.69, 9.17) is 28.9 Å². The Bertz CT molecular complexity index is 756. The second-order valence-corrected chi connectivity index (χ2v) is 6.56. The molecule has 0 aliphatic carbocycles. The molecule has 0 aliphatic heterocycles. The number of halogens is 2. The lowest BCUT2D eigenvalue weighted by atomic mass is 10.3. The van der Waals surface area contributed by atoms with Gasteiger partial charge in [0.25, 0.3) is 0 Å². The largest absolute Gasteiger partial charge is 0.375 e. The quantitative estimate of drug-likeness (QED) is 0.637. The zero-order valence-electron chi connectivity index (χ0n) is 12.5. The topological polar surface area (TPSA) is 84.2 Å². The summed E-state index contributed by atoms with van der Waals surface area (Å²) < 4.78 is 0. The third kappa shape index (κ3) is 5.33. The first kappa shape index (κ1) is 18.4. The Morgan fingerprint density at radius 1 is 1.04 bits per heavy atom. The molecular weight excluding hydrogens is 369 g/mol. The van der Waals surface area contributed by atoms with Crippen LogP contribution in [-0.2, 0) is 9.59 Å². The number of nitrogens with two attached hydrogens (primary N) is 1. The summed E-state index contributed by atoms with van der Waals surface area (Å²) >= 11 is 13.3. The molecule has 8 heteroatoms. The van der Waals surface area contributed by atoms with Gasteiger partial charge in [0.15, 0.2) is 0 Å². The Labute approximate surface area is 153 Å². The summed E-state index contributed by atoms with van der Waals surface area (Å²) in [6, 6.07) is 12.4. The molecule has 0 radical (unpaired) electrons. The van der Waals surface area contributed by atoms with Crippen molar-refractivity contribution in [1.82, 2.24) is 0 Å². The van der Waals surface area contributed by atoms with Gasteiger partial charge in [0.05, 0.1) is 28.0 Å². The van der Waals surface area contributed by atoms with Gasteiger partial charge in [0, 0.05) is 10.6 Å². The van der Waals surface area contributed by atoms with Gasteiger partial charge in [-0.25, -0.2) is 0 Å². The highest BCUT2D eigenvalue weighted by atomic mass is 35.5. The molecule has 0 aromatic heterocycles. The molecule has 2 aromatic rings. The molecule has 0 saturated heterocycles. The highest BCUT2D eigenvalue weighted by molar-refractivity contribution is 8.00. The van der Waals surface area contributed by atoms with Crippen molar-refractivity contribution in [2.24, 2.45) is 5.73 Å². The van der Waals surface area contributed by atoms with Crippen LogP contribution in [0.1, 0.15) is 0 Å². The van der Waals surface area contributed by atoms with Crippen LogP contribution < -0.4 is 16.4 Å². The van der Waals surface area contributed by atoms with E-state index in [1.807, 2.05) is 24.3 Å². The summed E-state index contributed by atoms with van der Waals surface area (Å²) in [5.41, 5.74) is 6.35. The van der Waals surface area contributed by atoms with E-state index in [-0.39, 0.29) is 18.2 Å². The summed E-state index contributed by atoms with van der Waals surface area (Å²) in [5, 5.41) is 6.39. The van der Waals surface area contributed by atoms with E-state index in [0.29, 0.717) is 15.7 Å². The van der Waals surface area contributed by atoms with E-state index in [2.05, 4.69) is 10.6 Å². The van der Waals surface area contributed by atoms with Crippen LogP contribution in [0.3, 0.4) is 0 Å². The lowest BCUT2D eigenvalue weighted by Crippen LogP contribution is -2.22. The summed E-state index contributed by atoms with van der Waals surface area (Å²) in [7, 11) is 0. The number of carbonyl (C=O) groups excluding carboxylic acids is 2. The van der Waals surface area contributed by atoms with Crippen molar-refractivity contribution in [3.63, 3.8) is 0 Å². The van der Waals surface area contributed by atoms with Gasteiger partial charge < -0.3 is 16.4 Å². The van der Waals surface area contributed by atoms with Crippen molar-refractivity contribution < 1.29 is 9.59 Å². The fourth-order valence-electron chi connectivity index (χ4n) is 1.86. The van der Waals surface area contributed by atoms with Crippen LogP contribution in [0.5, 0.6) is 0 Å². The molecule has 0 fully saturated rings. The Hall–Kier alpha value is -1.89. The van der Waals surface area contributed by atoms with E-state index in [1.54, 1.807) is 18.2 Å². The predicted octanol–water partition coefficient (Wildman–Crippen LogP) is 3.62. The van der Waals surface area contributed by atoms with Gasteiger partial charge in [-0.3, -0.25) is 9.59 Å². The Morgan fingerprint density at radius 3 is 2.50 bits per heavy atom. The maximum absolute atomic E-state index is 12.1. The van der Waals surface area contributed by atoms with Crippen LogP contribution in [0.4, 0.5) is 11.4 Å². The molecule has 0 saturated carbocycles. The second-order valence-electron chi connectivity index (χ2n) is 4.75. The molecule has 5 nitrogen and oxygen atoms in total. The number of amides is 2. The van der Waals surface area contributed by atoms with Gasteiger partial charge in [-0.05, 0) is 24.3 Å². The number of rotatable bonds is 7. The van der Waals surface area contributed by atoms with Crippen molar-refractivity contribution >= 4 is 58.2 Å². The number of benzene rings is 2. The monoisotopic (exact) mass is 383 g/mol. The molecule has 2 rings (SSSR count). The van der Waals surface area contributed by atoms with Crippen molar-refractivity contribution in [3.8, 4) is 0 Å². The number of hydrogen-bond donors (Lipinski definition) is 3. The highest BCUT2D eigenvalue weighted by Gasteiger charge is 2.09. The van der Waals surface area contributed by atoms with Gasteiger partial charge in [-0.2, -0.15) is 0 Å². The predicted molar refractivity (Wildman–Crippen MR) is 99.9 cm³/mol. The molecule has 0 aliphatic rings. The van der Waals surface area contributed by atoms with E-state index in [0.717, 1.165) is 10.6 Å². The number of nitrogens with one attached hydrogen (secondary N) is 2. The Balaban J connectivity index is 1.97. The molecule has 4 N–H and O–H groups in total. The Morgan fingerprint density at radius 2 is 1.75 bits per heavy atom. The van der Waals surface area contributed by atoms with Crippen LogP contribution in [0.25, 0.3) is 0 Å². The van der Waals surface area contributed by atoms with Crippen molar-refractivity contribution in [3.05, 3.63) is 52.5 Å². The molecule has 2 aromatic carbocycles. The fraction of sp³-hybridized carbons (Fsp3) is 0.125. The van der Waals surface area contributed by atoms with E-state index < -0.39 is 5.91 Å². The minimum Gasteiger partial charge on any atom is -0.375 e. The van der Waals surface area contributed by atoms with Gasteiger partial charge in [-0.1, -0.05) is 41.4 Å². The van der Waals surface area contributed by atoms with Crippen LogP contribution in [0, 0.1) is 0 Å². The minimum atomic E-state index is -0.400. The standard InChI is InChI=1S/C16H15Cl2N3O2S/c17-10-4-3-6-12(16(10)18)21-15(23)8-20-11-5-1-2-7-13(11)24-9-14(19)22/h1-7,20H,8-9H2,(H2,19,22)(H,21,23). The molecule has 24 heavy (non-hydrogen) atoms. The van der Waals surface area contributed by atoms with Crippen molar-refractivity contribution in [2.75, 3.05) is 22.9 Å². The minimum absolute atomic E-state index is 0.0387. The molecular formula is C16H15Cl2N3O2S. The van der Waals surface area contributed by atoms with Crippen LogP contribution in [0.2, 0.25) is 10.0 Å². The van der Waals surface area contributed by atoms with Gasteiger partial charge in [0.2, 0.25) is 11.8 Å². The van der Waals surface area contributed by atoms with Gasteiger partial charge in [0.1, 0.15) is 0 Å². The third-order valence-electron chi connectivity index (χ3n) is 2.92. The molecule has 0 atom stereocenters. The van der Waals surface area contributed by atoms with Crippen LogP contribution in [0.15, 0.2) is 47.4 Å². The van der Waals surface area contributed by atoms with Crippen LogP contribution in [-0.4, -0.2) is 24.1 Å². The summed E-state index contributed by atoms with van der Waals surface area (Å²) in [6.07, 6.45) is 0. The lowest BCUT2D eigenvalue weighted by molar-refractivity contribution is -0.116. The van der Waals surface area contributed by atoms with E-state index in [9.17, 15) is 9.59 Å². The summed E-state index contributed by atoms with van der Waals surface area (Å²) in [5.74, 6) is -0.500. The molecule has 126 valence electrons. The second kappa shape index (κ2) is 8.82. The molecule has 2 amide bonds. The zero-order valence-corrected chi connectivity index (χ0v) is 14.8. The number of thioether (sulfide) groups is 1. The summed E-state index contributed by atoms with van der Waals surface area (Å²) in [4.78, 5) is 23.8. The fourth-order valence-corrected chi connectivity index (χ4v) is 2.97. The first-order chi connectivity index (χ1) is 11.5. The number of primary amides is 1. The van der Waals surface area contributed by atoms with Crippen molar-refractivity contribution in [2.45, 2.75) is 4.90 Å². The lowest BCUT2D eigenvalue weighted by Gasteiger charge is -2.12. The van der Waals surface area contributed by atoms with Crippen molar-refractivity contribution in [1.29, 1.82) is 0 Å². The molecule has 0 spiro atoms. The number of hydrogen-bond acceptors (Lipinski definition) is 4. The smallest absolute Gasteiger partial charge is 0.243 e. The van der Waals surface area contributed by atoms with Crippen LogP contribution >= 0.6 is 35.0 Å². The molecule has 0 heterocycles. The highest BCUT2D eigenvalue weighted by Crippen LogP contribution is 2.29. The molecule has 0 bridgehead atoms. The maximum Gasteiger partial charge on any atom is 0.243 e. The van der Waals surface area contributed by atoms with Gasteiger partial charge in [-0.15, -0.1) is 11.8 Å². The Kier molecular flexibility index (Phi) is 6.78. The number of para-hydroxylation sites is 1. The number of anilines is 2. The number of carbonyl (C=O) groups is 2. The average Bonchev–Trinajstić information content (AvgIpc) is 2.56. The first-order valence-electron chi connectivity index (χ1n) is 6.95. The molecule has 0 unspecified atom stereocenters. The summed E-state index contributed by atoms with van der Waals surface area (Å²) in [6.45, 7) is 0.0387. The third-order valence-corrected chi connectivity index (χ3v) is 4.84. The van der Waals surface area contributed by atoms with Gasteiger partial charge >= 0.3 is 0 Å². The normalized spacial score (nSPS) is 10.2. The maximum atomic E-state index is 12.1. The van der Waals surface area contributed by atoms with E-state index >= 15 is 0 Å².